The number of piperazine rings is 1. The van der Waals surface area contributed by atoms with Crippen LogP contribution in [0.4, 0.5) is 5.69 Å². The molecule has 1 aromatic heterocycles. The molecule has 2 heterocycles. The van der Waals surface area contributed by atoms with Crippen LogP contribution in [0.2, 0.25) is 0 Å². The van der Waals surface area contributed by atoms with E-state index in [4.69, 9.17) is 4.52 Å². The first-order valence-electron chi connectivity index (χ1n) is 9.76. The first-order valence-corrected chi connectivity index (χ1v) is 9.76. The number of amides is 1. The fourth-order valence-corrected chi connectivity index (χ4v) is 3.77. The van der Waals surface area contributed by atoms with E-state index in [1.165, 1.54) is 12.1 Å². The van der Waals surface area contributed by atoms with Gasteiger partial charge in [0.05, 0.1) is 0 Å². The van der Waals surface area contributed by atoms with Crippen molar-refractivity contribution in [1.82, 2.24) is 15.0 Å². The smallest absolute Gasteiger partial charge is 0.230 e. The topological polar surface area (TPSA) is 62.5 Å². The van der Waals surface area contributed by atoms with Gasteiger partial charge in [-0.2, -0.15) is 4.98 Å². The Balaban J connectivity index is 1.21. The minimum Gasteiger partial charge on any atom is -0.368 e. The van der Waals surface area contributed by atoms with Crippen LogP contribution < -0.4 is 4.90 Å². The number of hydrogen-bond donors (Lipinski definition) is 0. The van der Waals surface area contributed by atoms with Crippen LogP contribution in [0.3, 0.4) is 0 Å². The van der Waals surface area contributed by atoms with Crippen LogP contribution in [-0.4, -0.2) is 47.1 Å². The lowest BCUT2D eigenvalue weighted by Crippen LogP contribution is -2.51. The highest BCUT2D eigenvalue weighted by Gasteiger charge is 2.31. The van der Waals surface area contributed by atoms with Crippen molar-refractivity contribution in [3.63, 3.8) is 0 Å². The van der Waals surface area contributed by atoms with Gasteiger partial charge in [0.25, 0.3) is 0 Å². The molecule has 6 nitrogen and oxygen atoms in total. The molecule has 0 radical (unpaired) electrons. The molecule has 1 saturated heterocycles. The summed E-state index contributed by atoms with van der Waals surface area (Å²) in [5.41, 5.74) is 2.18. The van der Waals surface area contributed by atoms with Gasteiger partial charge in [-0.3, -0.25) is 4.79 Å². The molecule has 26 heavy (non-hydrogen) atoms. The van der Waals surface area contributed by atoms with Gasteiger partial charge in [0.1, 0.15) is 0 Å². The Bertz CT molecular complexity index is 784. The number of rotatable bonds is 4. The lowest BCUT2D eigenvalue weighted by molar-refractivity contribution is -0.138. The third-order valence-electron chi connectivity index (χ3n) is 5.90. The summed E-state index contributed by atoms with van der Waals surface area (Å²) in [4.78, 5) is 21.3. The molecule has 1 aliphatic heterocycles. The average Bonchev–Trinajstić information content (AvgIpc) is 3.38. The SMILES string of the molecule is O=C(C1CCC1)N1CCN(c2ccc(-c3noc(C4CC4)n3)cc2)CC1. The molecule has 136 valence electrons. The Kier molecular flexibility index (Phi) is 3.91. The van der Waals surface area contributed by atoms with E-state index in [1.807, 2.05) is 4.90 Å². The fraction of sp³-hybridized carbons (Fsp3) is 0.550. The number of aromatic nitrogens is 2. The highest BCUT2D eigenvalue weighted by Crippen LogP contribution is 2.39. The Labute approximate surface area is 153 Å². The summed E-state index contributed by atoms with van der Waals surface area (Å²) in [6.45, 7) is 3.44. The van der Waals surface area contributed by atoms with E-state index in [9.17, 15) is 4.79 Å². The molecule has 5 rings (SSSR count). The molecular weight excluding hydrogens is 328 g/mol. The molecule has 1 aromatic carbocycles. The monoisotopic (exact) mass is 352 g/mol. The van der Waals surface area contributed by atoms with Crippen molar-refractivity contribution in [3.05, 3.63) is 30.2 Å². The molecule has 0 N–H and O–H groups in total. The van der Waals surface area contributed by atoms with E-state index in [0.29, 0.717) is 23.6 Å². The molecule has 0 spiro atoms. The van der Waals surface area contributed by atoms with Gasteiger partial charge in [-0.25, -0.2) is 0 Å². The minimum absolute atomic E-state index is 0.302. The minimum atomic E-state index is 0.302. The summed E-state index contributed by atoms with van der Waals surface area (Å²) in [6.07, 6.45) is 5.70. The highest BCUT2D eigenvalue weighted by atomic mass is 16.5. The van der Waals surface area contributed by atoms with E-state index < -0.39 is 0 Å². The van der Waals surface area contributed by atoms with E-state index in [2.05, 4.69) is 39.3 Å². The van der Waals surface area contributed by atoms with Crippen molar-refractivity contribution < 1.29 is 9.32 Å². The number of hydrogen-bond acceptors (Lipinski definition) is 5. The van der Waals surface area contributed by atoms with Gasteiger partial charge in [0.15, 0.2) is 0 Å². The maximum absolute atomic E-state index is 12.4. The second-order valence-electron chi connectivity index (χ2n) is 7.72. The van der Waals surface area contributed by atoms with Crippen LogP contribution in [0.1, 0.15) is 43.9 Å². The molecule has 2 aromatic rings. The summed E-state index contributed by atoms with van der Waals surface area (Å²) >= 11 is 0. The van der Waals surface area contributed by atoms with Gasteiger partial charge < -0.3 is 14.3 Å². The summed E-state index contributed by atoms with van der Waals surface area (Å²) in [5, 5.41) is 4.11. The normalized spacial score (nSPS) is 20.9. The number of anilines is 1. The Morgan fingerprint density at radius 1 is 1.00 bits per heavy atom. The first-order chi connectivity index (χ1) is 12.8. The third-order valence-corrected chi connectivity index (χ3v) is 5.90. The fourth-order valence-electron chi connectivity index (χ4n) is 3.77. The van der Waals surface area contributed by atoms with E-state index in [1.54, 1.807) is 0 Å². The van der Waals surface area contributed by atoms with E-state index in [0.717, 1.165) is 63.3 Å². The van der Waals surface area contributed by atoms with Gasteiger partial charge in [-0.15, -0.1) is 0 Å². The van der Waals surface area contributed by atoms with Crippen LogP contribution in [0, 0.1) is 5.92 Å². The van der Waals surface area contributed by atoms with Crippen LogP contribution in [0.25, 0.3) is 11.4 Å². The molecule has 0 unspecified atom stereocenters. The number of carbonyl (C=O) groups is 1. The van der Waals surface area contributed by atoms with Crippen molar-refractivity contribution in [2.75, 3.05) is 31.1 Å². The van der Waals surface area contributed by atoms with Gasteiger partial charge in [0, 0.05) is 49.3 Å². The van der Waals surface area contributed by atoms with Crippen LogP contribution in [0.5, 0.6) is 0 Å². The molecule has 0 bridgehead atoms. The van der Waals surface area contributed by atoms with Gasteiger partial charge in [-0.05, 0) is 49.9 Å². The van der Waals surface area contributed by atoms with Gasteiger partial charge >= 0.3 is 0 Å². The van der Waals surface area contributed by atoms with Gasteiger partial charge in [0.2, 0.25) is 17.6 Å². The second kappa shape index (κ2) is 6.41. The number of nitrogens with zero attached hydrogens (tertiary/aromatic N) is 4. The van der Waals surface area contributed by atoms with Crippen molar-refractivity contribution in [1.29, 1.82) is 0 Å². The molecule has 1 amide bonds. The molecule has 3 aliphatic rings. The van der Waals surface area contributed by atoms with Gasteiger partial charge in [-0.1, -0.05) is 11.6 Å². The maximum atomic E-state index is 12.4. The predicted octanol–water partition coefficient (Wildman–Crippen LogP) is 3.06. The Morgan fingerprint density at radius 3 is 2.35 bits per heavy atom. The lowest BCUT2D eigenvalue weighted by Gasteiger charge is -2.39. The average molecular weight is 352 g/mol. The number of carbonyl (C=O) groups excluding carboxylic acids is 1. The van der Waals surface area contributed by atoms with E-state index in [-0.39, 0.29) is 0 Å². The van der Waals surface area contributed by atoms with Crippen molar-refractivity contribution >= 4 is 11.6 Å². The molecule has 3 fully saturated rings. The van der Waals surface area contributed by atoms with Crippen LogP contribution in [0.15, 0.2) is 28.8 Å². The molecular formula is C20H24N4O2. The molecule has 2 saturated carbocycles. The largest absolute Gasteiger partial charge is 0.368 e. The molecule has 2 aliphatic carbocycles. The van der Waals surface area contributed by atoms with Crippen molar-refractivity contribution in [3.8, 4) is 11.4 Å². The molecule has 6 heteroatoms. The van der Waals surface area contributed by atoms with E-state index >= 15 is 0 Å². The quantitative estimate of drug-likeness (QED) is 0.846. The second-order valence-corrected chi connectivity index (χ2v) is 7.72. The highest BCUT2D eigenvalue weighted by molar-refractivity contribution is 5.80. The zero-order chi connectivity index (χ0) is 17.5. The van der Waals surface area contributed by atoms with Crippen LogP contribution >= 0.6 is 0 Å². The Morgan fingerprint density at radius 2 is 1.73 bits per heavy atom. The summed E-state index contributed by atoms with van der Waals surface area (Å²) in [6, 6.07) is 8.35. The van der Waals surface area contributed by atoms with Crippen molar-refractivity contribution in [2.45, 2.75) is 38.0 Å². The zero-order valence-corrected chi connectivity index (χ0v) is 14.9. The van der Waals surface area contributed by atoms with Crippen molar-refractivity contribution in [2.24, 2.45) is 5.92 Å². The molecule has 0 atom stereocenters. The number of benzene rings is 1. The summed E-state index contributed by atoms with van der Waals surface area (Å²) in [7, 11) is 0. The summed E-state index contributed by atoms with van der Waals surface area (Å²) < 4.78 is 5.35. The third kappa shape index (κ3) is 2.97. The maximum Gasteiger partial charge on any atom is 0.230 e. The zero-order valence-electron chi connectivity index (χ0n) is 14.9. The Hall–Kier alpha value is -2.37. The first kappa shape index (κ1) is 15.9. The predicted molar refractivity (Wildman–Crippen MR) is 97.8 cm³/mol. The summed E-state index contributed by atoms with van der Waals surface area (Å²) in [5.74, 6) is 2.60. The lowest BCUT2D eigenvalue weighted by atomic mass is 9.84. The standard InChI is InChI=1S/C20H24N4O2/c25-20(16-2-1-3-16)24-12-10-23(11-13-24)17-8-6-14(7-9-17)18-21-19(26-22-18)15-4-5-15/h6-9,15-16H,1-5,10-13H2. The van der Waals surface area contributed by atoms with Crippen LogP contribution in [-0.2, 0) is 4.79 Å².